The summed E-state index contributed by atoms with van der Waals surface area (Å²) in [6.45, 7) is 8.27. The summed E-state index contributed by atoms with van der Waals surface area (Å²) >= 11 is 1.57. The molecule has 5 heteroatoms. The standard InChI is InChI=1S/C15H23N3OS/c1-5-13(6-2)18-8-7-12(17-18)9-14(19)15-10(3)16-11(4)20-15/h7-8,13-14,19H,5-6,9H2,1-4H3. The first-order valence-electron chi connectivity index (χ1n) is 7.21. The van der Waals surface area contributed by atoms with Crippen molar-refractivity contribution in [2.45, 2.75) is 59.1 Å². The highest BCUT2D eigenvalue weighted by Crippen LogP contribution is 2.27. The van der Waals surface area contributed by atoms with Crippen molar-refractivity contribution in [1.82, 2.24) is 14.8 Å². The van der Waals surface area contributed by atoms with E-state index in [0.29, 0.717) is 12.5 Å². The van der Waals surface area contributed by atoms with Crippen LogP contribution in [0.3, 0.4) is 0 Å². The largest absolute Gasteiger partial charge is 0.387 e. The molecule has 0 amide bonds. The van der Waals surface area contributed by atoms with Gasteiger partial charge in [-0.2, -0.15) is 5.10 Å². The van der Waals surface area contributed by atoms with Crippen LogP contribution in [-0.4, -0.2) is 19.9 Å². The Morgan fingerprint density at radius 2 is 2.00 bits per heavy atom. The fraction of sp³-hybridized carbons (Fsp3) is 0.600. The Hall–Kier alpha value is -1.20. The molecule has 4 nitrogen and oxygen atoms in total. The van der Waals surface area contributed by atoms with Gasteiger partial charge in [0.15, 0.2) is 0 Å². The maximum atomic E-state index is 10.4. The Kier molecular flexibility index (Phi) is 4.94. The highest BCUT2D eigenvalue weighted by Gasteiger charge is 2.17. The van der Waals surface area contributed by atoms with Crippen molar-refractivity contribution in [2.75, 3.05) is 0 Å². The summed E-state index contributed by atoms with van der Waals surface area (Å²) in [4.78, 5) is 5.32. The van der Waals surface area contributed by atoms with E-state index >= 15 is 0 Å². The molecule has 0 saturated carbocycles. The van der Waals surface area contributed by atoms with Crippen LogP contribution in [0, 0.1) is 13.8 Å². The van der Waals surface area contributed by atoms with Gasteiger partial charge in [0.2, 0.25) is 0 Å². The summed E-state index contributed by atoms with van der Waals surface area (Å²) in [5.41, 5.74) is 1.87. The first-order chi connectivity index (χ1) is 9.55. The molecular formula is C15H23N3OS. The number of thiazole rings is 1. The van der Waals surface area contributed by atoms with E-state index in [1.807, 2.05) is 30.8 Å². The molecule has 1 atom stereocenters. The Morgan fingerprint density at radius 1 is 1.30 bits per heavy atom. The lowest BCUT2D eigenvalue weighted by Gasteiger charge is -2.12. The monoisotopic (exact) mass is 293 g/mol. The fourth-order valence-electron chi connectivity index (χ4n) is 2.50. The Labute approximate surface area is 124 Å². The molecule has 1 N–H and O–H groups in total. The van der Waals surface area contributed by atoms with E-state index < -0.39 is 6.10 Å². The fourth-order valence-corrected chi connectivity index (χ4v) is 3.41. The van der Waals surface area contributed by atoms with Gasteiger partial charge in [-0.15, -0.1) is 11.3 Å². The van der Waals surface area contributed by atoms with Gasteiger partial charge in [0.1, 0.15) is 0 Å². The Morgan fingerprint density at radius 3 is 2.55 bits per heavy atom. The lowest BCUT2D eigenvalue weighted by molar-refractivity contribution is 0.179. The summed E-state index contributed by atoms with van der Waals surface area (Å²) in [5.74, 6) is 0. The molecule has 0 radical (unpaired) electrons. The third-order valence-corrected chi connectivity index (χ3v) is 4.80. The van der Waals surface area contributed by atoms with Crippen LogP contribution in [0.25, 0.3) is 0 Å². The SMILES string of the molecule is CCC(CC)n1ccc(CC(O)c2sc(C)nc2C)n1. The van der Waals surface area contributed by atoms with Crippen molar-refractivity contribution in [3.63, 3.8) is 0 Å². The molecule has 1 unspecified atom stereocenters. The summed E-state index contributed by atoms with van der Waals surface area (Å²) in [6.07, 6.45) is 4.21. The molecule has 2 aromatic rings. The number of hydrogen-bond acceptors (Lipinski definition) is 4. The van der Waals surface area contributed by atoms with Crippen molar-refractivity contribution in [3.8, 4) is 0 Å². The summed E-state index contributed by atoms with van der Waals surface area (Å²) in [6, 6.07) is 2.46. The topological polar surface area (TPSA) is 50.9 Å². The zero-order chi connectivity index (χ0) is 14.7. The smallest absolute Gasteiger partial charge is 0.0956 e. The molecule has 20 heavy (non-hydrogen) atoms. The van der Waals surface area contributed by atoms with Crippen molar-refractivity contribution >= 4 is 11.3 Å². The van der Waals surface area contributed by atoms with Crippen LogP contribution >= 0.6 is 11.3 Å². The second-order valence-electron chi connectivity index (χ2n) is 5.16. The first-order valence-corrected chi connectivity index (χ1v) is 8.02. The zero-order valence-electron chi connectivity index (χ0n) is 12.6. The first kappa shape index (κ1) is 15.2. The molecule has 0 aliphatic heterocycles. The average Bonchev–Trinajstić information content (AvgIpc) is 2.98. The van der Waals surface area contributed by atoms with Gasteiger partial charge in [0.05, 0.1) is 33.4 Å². The second kappa shape index (κ2) is 6.50. The van der Waals surface area contributed by atoms with Crippen molar-refractivity contribution in [1.29, 1.82) is 0 Å². The van der Waals surface area contributed by atoms with E-state index in [-0.39, 0.29) is 0 Å². The summed E-state index contributed by atoms with van der Waals surface area (Å²) in [7, 11) is 0. The van der Waals surface area contributed by atoms with Crippen LogP contribution < -0.4 is 0 Å². The van der Waals surface area contributed by atoms with E-state index in [9.17, 15) is 5.11 Å². The number of rotatable bonds is 6. The number of aliphatic hydroxyl groups excluding tert-OH is 1. The normalized spacial score (nSPS) is 13.1. The maximum Gasteiger partial charge on any atom is 0.0956 e. The Balaban J connectivity index is 2.08. The number of aryl methyl sites for hydroxylation is 2. The van der Waals surface area contributed by atoms with Crippen molar-refractivity contribution in [2.24, 2.45) is 0 Å². The van der Waals surface area contributed by atoms with Crippen LogP contribution in [0.4, 0.5) is 0 Å². The molecule has 110 valence electrons. The molecule has 2 heterocycles. The predicted octanol–water partition coefficient (Wildman–Crippen LogP) is 3.59. The van der Waals surface area contributed by atoms with Gasteiger partial charge in [-0.1, -0.05) is 13.8 Å². The zero-order valence-corrected chi connectivity index (χ0v) is 13.4. The Bertz CT molecular complexity index is 557. The average molecular weight is 293 g/mol. The van der Waals surface area contributed by atoms with Crippen LogP contribution in [0.15, 0.2) is 12.3 Å². The van der Waals surface area contributed by atoms with Gasteiger partial charge in [-0.3, -0.25) is 4.68 Å². The minimum absolute atomic E-state index is 0.452. The van der Waals surface area contributed by atoms with Gasteiger partial charge >= 0.3 is 0 Å². The molecule has 2 rings (SSSR count). The van der Waals surface area contributed by atoms with Crippen LogP contribution in [0.5, 0.6) is 0 Å². The molecule has 0 aromatic carbocycles. The van der Waals surface area contributed by atoms with Gasteiger partial charge < -0.3 is 5.11 Å². The number of aromatic nitrogens is 3. The molecule has 0 aliphatic rings. The minimum Gasteiger partial charge on any atom is -0.387 e. The maximum absolute atomic E-state index is 10.4. The van der Waals surface area contributed by atoms with E-state index in [1.54, 1.807) is 11.3 Å². The quantitative estimate of drug-likeness (QED) is 0.885. The molecule has 0 aliphatic carbocycles. The third kappa shape index (κ3) is 3.27. The lowest BCUT2D eigenvalue weighted by Crippen LogP contribution is -2.09. The molecule has 0 fully saturated rings. The van der Waals surface area contributed by atoms with Crippen molar-refractivity contribution in [3.05, 3.63) is 33.5 Å². The molecule has 0 bridgehead atoms. The van der Waals surface area contributed by atoms with Gasteiger partial charge in [0.25, 0.3) is 0 Å². The van der Waals surface area contributed by atoms with Crippen LogP contribution in [0.1, 0.15) is 60.1 Å². The van der Waals surface area contributed by atoms with Gasteiger partial charge in [0, 0.05) is 12.6 Å². The summed E-state index contributed by atoms with van der Waals surface area (Å²) < 4.78 is 2.02. The molecular weight excluding hydrogens is 270 g/mol. The van der Waals surface area contributed by atoms with Crippen LogP contribution in [0.2, 0.25) is 0 Å². The van der Waals surface area contributed by atoms with E-state index in [2.05, 4.69) is 23.9 Å². The molecule has 2 aromatic heterocycles. The minimum atomic E-state index is -0.508. The molecule has 0 saturated heterocycles. The predicted molar refractivity (Wildman–Crippen MR) is 82.1 cm³/mol. The summed E-state index contributed by atoms with van der Waals surface area (Å²) in [5, 5.41) is 15.9. The highest BCUT2D eigenvalue weighted by atomic mass is 32.1. The molecule has 0 spiro atoms. The third-order valence-electron chi connectivity index (χ3n) is 3.62. The highest BCUT2D eigenvalue weighted by molar-refractivity contribution is 7.11. The van der Waals surface area contributed by atoms with Crippen molar-refractivity contribution < 1.29 is 5.11 Å². The van der Waals surface area contributed by atoms with Crippen LogP contribution in [-0.2, 0) is 6.42 Å². The van der Waals surface area contributed by atoms with E-state index in [1.165, 1.54) is 0 Å². The van der Waals surface area contributed by atoms with Gasteiger partial charge in [-0.25, -0.2) is 4.98 Å². The number of hydrogen-bond donors (Lipinski definition) is 1. The lowest BCUT2D eigenvalue weighted by atomic mass is 10.1. The van der Waals surface area contributed by atoms with E-state index in [0.717, 1.165) is 34.1 Å². The van der Waals surface area contributed by atoms with Gasteiger partial charge in [-0.05, 0) is 32.8 Å². The number of nitrogens with zero attached hydrogens (tertiary/aromatic N) is 3. The second-order valence-corrected chi connectivity index (χ2v) is 6.39. The number of aliphatic hydroxyl groups is 1. The van der Waals surface area contributed by atoms with E-state index in [4.69, 9.17) is 0 Å².